The molecule has 0 aliphatic heterocycles. The summed E-state index contributed by atoms with van der Waals surface area (Å²) in [5.41, 5.74) is 3.24. The van der Waals surface area contributed by atoms with E-state index in [1.54, 1.807) is 31.6 Å². The molecular weight excluding hydrogens is 533 g/mol. The van der Waals surface area contributed by atoms with Crippen molar-refractivity contribution < 1.29 is 22.7 Å². The number of nitrogens with one attached hydrogen (secondary N) is 1. The van der Waals surface area contributed by atoms with E-state index in [-0.39, 0.29) is 5.56 Å². The lowest BCUT2D eigenvalue weighted by atomic mass is 10.0. The molecule has 0 atom stereocenters. The number of fused-ring (bicyclic) bond motifs is 1. The number of halogens is 3. The largest absolute Gasteiger partial charge is 0.497 e. The van der Waals surface area contributed by atoms with E-state index < -0.39 is 17.8 Å². The molecule has 0 radical (unpaired) electrons. The monoisotopic (exact) mass is 558 g/mol. The van der Waals surface area contributed by atoms with Gasteiger partial charge < -0.3 is 15.0 Å². The normalized spacial score (nSPS) is 11.4. The van der Waals surface area contributed by atoms with E-state index in [9.17, 15) is 18.0 Å². The number of alkyl halides is 3. The SMILES string of the molecule is COc1ccc(CN(C)c2ncc3cc(-c4cc(NC(=O)c5ccnc(C(F)(F)F)c5)ccc4C)cnc3n2)cc1. The summed E-state index contributed by atoms with van der Waals surface area (Å²) in [4.78, 5) is 31.6. The topological polar surface area (TPSA) is 93.1 Å². The average Bonchev–Trinajstić information content (AvgIpc) is 2.97. The van der Waals surface area contributed by atoms with Gasteiger partial charge in [-0.3, -0.25) is 9.78 Å². The summed E-state index contributed by atoms with van der Waals surface area (Å²) in [7, 11) is 3.53. The van der Waals surface area contributed by atoms with Crippen LogP contribution in [0.4, 0.5) is 24.8 Å². The van der Waals surface area contributed by atoms with Crippen molar-refractivity contribution in [2.24, 2.45) is 0 Å². The number of hydrogen-bond donors (Lipinski definition) is 1. The number of pyridine rings is 2. The van der Waals surface area contributed by atoms with Crippen LogP contribution in [-0.4, -0.2) is 40.0 Å². The third kappa shape index (κ3) is 6.24. The van der Waals surface area contributed by atoms with Crippen molar-refractivity contribution in [3.05, 3.63) is 102 Å². The van der Waals surface area contributed by atoms with Gasteiger partial charge in [0.1, 0.15) is 11.4 Å². The zero-order valence-corrected chi connectivity index (χ0v) is 22.4. The van der Waals surface area contributed by atoms with Crippen molar-refractivity contribution in [3.63, 3.8) is 0 Å². The number of aryl methyl sites for hydroxylation is 1. The first-order valence-corrected chi connectivity index (χ1v) is 12.5. The highest BCUT2D eigenvalue weighted by Gasteiger charge is 2.33. The molecule has 8 nitrogen and oxygen atoms in total. The van der Waals surface area contributed by atoms with E-state index in [2.05, 4.69) is 25.3 Å². The van der Waals surface area contributed by atoms with E-state index >= 15 is 0 Å². The number of methoxy groups -OCH3 is 1. The minimum atomic E-state index is -4.65. The van der Waals surface area contributed by atoms with Gasteiger partial charge in [0.25, 0.3) is 5.91 Å². The van der Waals surface area contributed by atoms with Crippen LogP contribution in [0.15, 0.2) is 79.3 Å². The van der Waals surface area contributed by atoms with Gasteiger partial charge in [0.2, 0.25) is 5.95 Å². The van der Waals surface area contributed by atoms with Gasteiger partial charge in [-0.15, -0.1) is 0 Å². The maximum absolute atomic E-state index is 13.0. The van der Waals surface area contributed by atoms with E-state index in [1.165, 1.54) is 6.07 Å². The Bertz CT molecular complexity index is 1720. The van der Waals surface area contributed by atoms with Gasteiger partial charge in [0, 0.05) is 54.4 Å². The van der Waals surface area contributed by atoms with Crippen molar-refractivity contribution in [2.75, 3.05) is 24.4 Å². The predicted molar refractivity (Wildman–Crippen MR) is 150 cm³/mol. The standard InChI is InChI=1S/C30H25F3N6O2/c1-18-4-7-23(37-28(40)20-10-11-34-26(13-20)30(31,32)33)14-25(18)21-12-22-16-36-29(38-27(22)35-15-21)39(2)17-19-5-8-24(41-3)9-6-19/h4-16H,17H2,1-3H3,(H,37,40). The first-order chi connectivity index (χ1) is 19.6. The number of carbonyl (C=O) groups is 1. The molecule has 1 N–H and O–H groups in total. The van der Waals surface area contributed by atoms with Crippen LogP contribution < -0.4 is 15.0 Å². The van der Waals surface area contributed by atoms with Crippen molar-refractivity contribution in [1.82, 2.24) is 19.9 Å². The van der Waals surface area contributed by atoms with E-state index in [4.69, 9.17) is 4.74 Å². The second-order valence-electron chi connectivity index (χ2n) is 9.42. The third-order valence-corrected chi connectivity index (χ3v) is 6.46. The average molecular weight is 559 g/mol. The van der Waals surface area contributed by atoms with Crippen molar-refractivity contribution in [1.29, 1.82) is 0 Å². The van der Waals surface area contributed by atoms with Gasteiger partial charge in [0.15, 0.2) is 5.65 Å². The second-order valence-corrected chi connectivity index (χ2v) is 9.42. The zero-order valence-electron chi connectivity index (χ0n) is 22.4. The fraction of sp³-hybridized carbons (Fsp3) is 0.167. The molecule has 0 fully saturated rings. The lowest BCUT2D eigenvalue weighted by Gasteiger charge is -2.17. The first-order valence-electron chi connectivity index (χ1n) is 12.5. The van der Waals surface area contributed by atoms with E-state index in [1.807, 2.05) is 55.3 Å². The number of anilines is 2. The lowest BCUT2D eigenvalue weighted by molar-refractivity contribution is -0.141. The van der Waals surface area contributed by atoms with Crippen LogP contribution in [0, 0.1) is 6.92 Å². The van der Waals surface area contributed by atoms with E-state index in [0.29, 0.717) is 23.8 Å². The number of carbonyl (C=O) groups excluding carboxylic acids is 1. The molecule has 208 valence electrons. The number of benzene rings is 2. The van der Waals surface area contributed by atoms with Gasteiger partial charge in [0.05, 0.1) is 7.11 Å². The Balaban J connectivity index is 1.35. The van der Waals surface area contributed by atoms with Gasteiger partial charge >= 0.3 is 6.18 Å². The summed E-state index contributed by atoms with van der Waals surface area (Å²) in [6, 6.07) is 16.9. The summed E-state index contributed by atoms with van der Waals surface area (Å²) >= 11 is 0. The molecule has 0 aliphatic rings. The van der Waals surface area contributed by atoms with Gasteiger partial charge in [-0.2, -0.15) is 18.2 Å². The van der Waals surface area contributed by atoms with Gasteiger partial charge in [-0.05, 0) is 66.1 Å². The van der Waals surface area contributed by atoms with Crippen LogP contribution in [-0.2, 0) is 12.7 Å². The summed E-state index contributed by atoms with van der Waals surface area (Å²) in [5.74, 6) is 0.637. The number of hydrogen-bond acceptors (Lipinski definition) is 7. The van der Waals surface area contributed by atoms with Crippen LogP contribution >= 0.6 is 0 Å². The number of rotatable bonds is 7. The fourth-order valence-electron chi connectivity index (χ4n) is 4.26. The third-order valence-electron chi connectivity index (χ3n) is 6.46. The Labute approximate surface area is 233 Å². The summed E-state index contributed by atoms with van der Waals surface area (Å²) in [5, 5.41) is 3.40. The molecule has 0 spiro atoms. The van der Waals surface area contributed by atoms with Crippen LogP contribution in [0.2, 0.25) is 0 Å². The highest BCUT2D eigenvalue weighted by molar-refractivity contribution is 6.04. The summed E-state index contributed by atoms with van der Waals surface area (Å²) in [6.07, 6.45) is -0.285. The Morgan fingerprint density at radius 3 is 2.49 bits per heavy atom. The van der Waals surface area contributed by atoms with Crippen LogP contribution in [0.25, 0.3) is 22.2 Å². The predicted octanol–water partition coefficient (Wildman–Crippen LogP) is 6.31. The van der Waals surface area contributed by atoms with Crippen LogP contribution in [0.1, 0.15) is 27.2 Å². The molecule has 0 saturated carbocycles. The van der Waals surface area contributed by atoms with Crippen molar-refractivity contribution >= 4 is 28.6 Å². The Morgan fingerprint density at radius 2 is 1.76 bits per heavy atom. The molecule has 5 rings (SSSR count). The Hall–Kier alpha value is -5.06. The van der Waals surface area contributed by atoms with E-state index in [0.717, 1.165) is 45.7 Å². The number of aromatic nitrogens is 4. The first kappa shape index (κ1) is 27.5. The summed E-state index contributed by atoms with van der Waals surface area (Å²) in [6.45, 7) is 2.51. The fourth-order valence-corrected chi connectivity index (χ4v) is 4.26. The molecule has 3 heterocycles. The highest BCUT2D eigenvalue weighted by Crippen LogP contribution is 2.30. The Morgan fingerprint density at radius 1 is 0.976 bits per heavy atom. The minimum Gasteiger partial charge on any atom is -0.497 e. The minimum absolute atomic E-state index is 0.147. The highest BCUT2D eigenvalue weighted by atomic mass is 19.4. The Kier molecular flexibility index (Phi) is 7.52. The summed E-state index contributed by atoms with van der Waals surface area (Å²) < 4.78 is 44.2. The van der Waals surface area contributed by atoms with Crippen LogP contribution in [0.5, 0.6) is 5.75 Å². The quantitative estimate of drug-likeness (QED) is 0.250. The smallest absolute Gasteiger partial charge is 0.433 e. The van der Waals surface area contributed by atoms with Crippen molar-refractivity contribution in [3.8, 4) is 16.9 Å². The number of ether oxygens (including phenoxy) is 1. The molecule has 11 heteroatoms. The molecule has 0 saturated heterocycles. The molecule has 0 bridgehead atoms. The van der Waals surface area contributed by atoms with Gasteiger partial charge in [-0.1, -0.05) is 18.2 Å². The molecule has 41 heavy (non-hydrogen) atoms. The maximum Gasteiger partial charge on any atom is 0.433 e. The number of nitrogens with zero attached hydrogens (tertiary/aromatic N) is 5. The second kappa shape index (κ2) is 11.2. The van der Waals surface area contributed by atoms with Gasteiger partial charge in [-0.25, -0.2) is 9.97 Å². The molecule has 3 aromatic heterocycles. The molecule has 1 amide bonds. The molecule has 0 unspecified atom stereocenters. The lowest BCUT2D eigenvalue weighted by Crippen LogP contribution is -2.19. The van der Waals surface area contributed by atoms with Crippen molar-refractivity contribution in [2.45, 2.75) is 19.6 Å². The zero-order chi connectivity index (χ0) is 29.1. The number of amides is 1. The molecular formula is C30H25F3N6O2. The molecule has 2 aromatic carbocycles. The molecule has 5 aromatic rings. The van der Waals surface area contributed by atoms with Crippen LogP contribution in [0.3, 0.4) is 0 Å². The maximum atomic E-state index is 13.0. The molecule has 0 aliphatic carbocycles.